The lowest BCUT2D eigenvalue weighted by Gasteiger charge is -2.31. The monoisotopic (exact) mass is 260 g/mol. The Morgan fingerprint density at radius 1 is 1.47 bits per heavy atom. The van der Waals surface area contributed by atoms with Crippen molar-refractivity contribution in [3.05, 3.63) is 29.6 Å². The molecule has 1 atom stereocenters. The summed E-state index contributed by atoms with van der Waals surface area (Å²) in [7, 11) is 0. The van der Waals surface area contributed by atoms with Crippen molar-refractivity contribution in [1.82, 2.24) is 10.3 Å². The summed E-state index contributed by atoms with van der Waals surface area (Å²) in [6, 6.07) is 4.07. The van der Waals surface area contributed by atoms with E-state index in [1.807, 2.05) is 12.3 Å². The number of pyridine rings is 1. The predicted octanol–water partition coefficient (Wildman–Crippen LogP) is 2.39. The average molecular weight is 260 g/mol. The second-order valence-corrected chi connectivity index (χ2v) is 5.85. The number of aryl methyl sites for hydroxylation is 1. The summed E-state index contributed by atoms with van der Waals surface area (Å²) >= 11 is 0. The zero-order valence-corrected chi connectivity index (χ0v) is 12.2. The van der Waals surface area contributed by atoms with Crippen LogP contribution in [0, 0.1) is 11.3 Å². The first-order chi connectivity index (χ1) is 9.08. The number of carbonyl (C=O) groups excluding carboxylic acids is 1. The normalized spacial score (nSPS) is 22.9. The zero-order chi connectivity index (χ0) is 13.9. The van der Waals surface area contributed by atoms with Crippen LogP contribution in [0.3, 0.4) is 0 Å². The minimum Gasteiger partial charge on any atom is -0.316 e. The van der Waals surface area contributed by atoms with Crippen LogP contribution in [0.25, 0.3) is 0 Å². The Morgan fingerprint density at radius 3 is 2.74 bits per heavy atom. The highest BCUT2D eigenvalue weighted by Crippen LogP contribution is 2.36. The third-order valence-electron chi connectivity index (χ3n) is 4.48. The van der Waals surface area contributed by atoms with Gasteiger partial charge in [-0.2, -0.15) is 0 Å². The molecule has 1 aliphatic heterocycles. The lowest BCUT2D eigenvalue weighted by atomic mass is 9.72. The second-order valence-electron chi connectivity index (χ2n) is 5.85. The van der Waals surface area contributed by atoms with Crippen LogP contribution in [0.15, 0.2) is 18.3 Å². The second kappa shape index (κ2) is 5.83. The van der Waals surface area contributed by atoms with Gasteiger partial charge in [0.15, 0.2) is 0 Å². The lowest BCUT2D eigenvalue weighted by molar-refractivity contribution is -0.129. The summed E-state index contributed by atoms with van der Waals surface area (Å²) in [5, 5.41) is 3.34. The number of nitrogens with one attached hydrogen (secondary N) is 1. The standard InChI is InChI=1S/C16H24N2O/c1-4-13-5-6-14(18-10-13)9-15(19)16(12(2)3)7-8-17-11-16/h5-6,10,12,17H,4,7-9,11H2,1-3H3. The van der Waals surface area contributed by atoms with Gasteiger partial charge in [-0.3, -0.25) is 9.78 Å². The first-order valence-corrected chi connectivity index (χ1v) is 7.26. The largest absolute Gasteiger partial charge is 0.316 e. The van der Waals surface area contributed by atoms with Crippen LogP contribution < -0.4 is 5.32 Å². The number of hydrogen-bond acceptors (Lipinski definition) is 3. The molecule has 1 aliphatic rings. The molecule has 0 spiro atoms. The van der Waals surface area contributed by atoms with Crippen molar-refractivity contribution >= 4 is 5.78 Å². The number of aromatic nitrogens is 1. The number of hydrogen-bond donors (Lipinski definition) is 1. The van der Waals surface area contributed by atoms with Crippen LogP contribution in [0.2, 0.25) is 0 Å². The maximum Gasteiger partial charge on any atom is 0.146 e. The van der Waals surface area contributed by atoms with E-state index in [4.69, 9.17) is 0 Å². The Bertz CT molecular complexity index is 431. The molecule has 0 saturated carbocycles. The fourth-order valence-electron chi connectivity index (χ4n) is 2.87. The lowest BCUT2D eigenvalue weighted by Crippen LogP contribution is -2.39. The molecule has 3 heteroatoms. The molecule has 104 valence electrons. The maximum atomic E-state index is 12.7. The van der Waals surface area contributed by atoms with Crippen molar-refractivity contribution in [3.63, 3.8) is 0 Å². The van der Waals surface area contributed by atoms with E-state index < -0.39 is 0 Å². The summed E-state index contributed by atoms with van der Waals surface area (Å²) in [6.07, 6.45) is 4.29. The summed E-state index contributed by atoms with van der Waals surface area (Å²) in [5.74, 6) is 0.717. The van der Waals surface area contributed by atoms with E-state index >= 15 is 0 Å². The molecule has 1 unspecified atom stereocenters. The van der Waals surface area contributed by atoms with Gasteiger partial charge in [0.05, 0.1) is 0 Å². The molecule has 0 radical (unpaired) electrons. The Kier molecular flexibility index (Phi) is 4.35. The Hall–Kier alpha value is -1.22. The van der Waals surface area contributed by atoms with Gasteiger partial charge >= 0.3 is 0 Å². The molecule has 1 aromatic heterocycles. The number of nitrogens with zero attached hydrogens (tertiary/aromatic N) is 1. The first-order valence-electron chi connectivity index (χ1n) is 7.26. The van der Waals surface area contributed by atoms with Crippen LogP contribution in [0.1, 0.15) is 38.4 Å². The minimum atomic E-state index is -0.189. The minimum absolute atomic E-state index is 0.189. The summed E-state index contributed by atoms with van der Waals surface area (Å²) < 4.78 is 0. The van der Waals surface area contributed by atoms with Crippen molar-refractivity contribution in [2.75, 3.05) is 13.1 Å². The van der Waals surface area contributed by atoms with Gasteiger partial charge in [-0.15, -0.1) is 0 Å². The highest BCUT2D eigenvalue weighted by Gasteiger charge is 2.43. The molecular weight excluding hydrogens is 236 g/mol. The van der Waals surface area contributed by atoms with Crippen LogP contribution in [-0.2, 0) is 17.6 Å². The number of Topliss-reactive ketones (excluding diaryl/α,β-unsaturated/α-hetero) is 1. The van der Waals surface area contributed by atoms with Gasteiger partial charge in [0.25, 0.3) is 0 Å². The van der Waals surface area contributed by atoms with Gasteiger partial charge in [0.2, 0.25) is 0 Å². The van der Waals surface area contributed by atoms with E-state index in [1.54, 1.807) is 0 Å². The quantitative estimate of drug-likeness (QED) is 0.884. The molecule has 0 amide bonds. The Balaban J connectivity index is 2.10. The van der Waals surface area contributed by atoms with Gasteiger partial charge in [-0.25, -0.2) is 0 Å². The van der Waals surface area contributed by atoms with E-state index in [-0.39, 0.29) is 5.41 Å². The summed E-state index contributed by atoms with van der Waals surface area (Å²) in [4.78, 5) is 17.1. The predicted molar refractivity (Wildman–Crippen MR) is 77.1 cm³/mol. The van der Waals surface area contributed by atoms with Crippen molar-refractivity contribution in [3.8, 4) is 0 Å². The highest BCUT2D eigenvalue weighted by molar-refractivity contribution is 5.87. The molecule has 1 aromatic rings. The van der Waals surface area contributed by atoms with Crippen LogP contribution in [0.5, 0.6) is 0 Å². The van der Waals surface area contributed by atoms with E-state index in [9.17, 15) is 4.79 Å². The van der Waals surface area contributed by atoms with Gasteiger partial charge in [0.1, 0.15) is 5.78 Å². The van der Waals surface area contributed by atoms with Crippen LogP contribution >= 0.6 is 0 Å². The van der Waals surface area contributed by atoms with Gasteiger partial charge < -0.3 is 5.32 Å². The molecule has 1 saturated heterocycles. The number of rotatable bonds is 5. The third kappa shape index (κ3) is 2.86. The topological polar surface area (TPSA) is 42.0 Å². The fraction of sp³-hybridized carbons (Fsp3) is 0.625. The molecule has 2 heterocycles. The van der Waals surface area contributed by atoms with E-state index in [0.29, 0.717) is 18.1 Å². The first kappa shape index (κ1) is 14.2. The molecule has 0 aromatic carbocycles. The third-order valence-corrected chi connectivity index (χ3v) is 4.48. The van der Waals surface area contributed by atoms with Crippen LogP contribution in [-0.4, -0.2) is 23.9 Å². The molecule has 2 rings (SSSR count). The zero-order valence-electron chi connectivity index (χ0n) is 12.2. The molecular formula is C16H24N2O. The summed E-state index contributed by atoms with van der Waals surface area (Å²) in [6.45, 7) is 8.18. The molecule has 0 bridgehead atoms. The van der Waals surface area contributed by atoms with Crippen molar-refractivity contribution in [2.45, 2.75) is 40.0 Å². The molecule has 19 heavy (non-hydrogen) atoms. The fourth-order valence-corrected chi connectivity index (χ4v) is 2.87. The number of carbonyl (C=O) groups is 1. The highest BCUT2D eigenvalue weighted by atomic mass is 16.1. The van der Waals surface area contributed by atoms with Crippen molar-refractivity contribution in [2.24, 2.45) is 11.3 Å². The number of ketones is 1. The molecule has 0 aliphatic carbocycles. The van der Waals surface area contributed by atoms with E-state index in [2.05, 4.69) is 37.1 Å². The molecule has 1 N–H and O–H groups in total. The smallest absolute Gasteiger partial charge is 0.146 e. The molecule has 1 fully saturated rings. The van der Waals surface area contributed by atoms with Gasteiger partial charge in [-0.1, -0.05) is 26.8 Å². The van der Waals surface area contributed by atoms with Crippen LogP contribution in [0.4, 0.5) is 0 Å². The maximum absolute atomic E-state index is 12.7. The SMILES string of the molecule is CCc1ccc(CC(=O)C2(C(C)C)CCNC2)nc1. The summed E-state index contributed by atoms with van der Waals surface area (Å²) in [5.41, 5.74) is 1.93. The van der Waals surface area contributed by atoms with Crippen molar-refractivity contribution in [1.29, 1.82) is 0 Å². The Labute approximate surface area is 115 Å². The Morgan fingerprint density at radius 2 is 2.26 bits per heavy atom. The van der Waals surface area contributed by atoms with Gasteiger partial charge in [-0.05, 0) is 36.9 Å². The molecule has 3 nitrogen and oxygen atoms in total. The van der Waals surface area contributed by atoms with E-state index in [0.717, 1.165) is 31.6 Å². The van der Waals surface area contributed by atoms with Gasteiger partial charge in [0, 0.05) is 30.3 Å². The average Bonchev–Trinajstić information content (AvgIpc) is 2.90. The van der Waals surface area contributed by atoms with E-state index in [1.165, 1.54) is 5.56 Å². The van der Waals surface area contributed by atoms with Crippen molar-refractivity contribution < 1.29 is 4.79 Å².